The van der Waals surface area contributed by atoms with Gasteiger partial charge in [-0.25, -0.2) is 4.79 Å². The molecule has 1 aliphatic heterocycles. The van der Waals surface area contributed by atoms with Crippen LogP contribution in [0, 0.1) is 11.8 Å². The van der Waals surface area contributed by atoms with Gasteiger partial charge in [-0.3, -0.25) is 0 Å². The van der Waals surface area contributed by atoms with E-state index in [4.69, 9.17) is 9.47 Å². The van der Waals surface area contributed by atoms with Crippen molar-refractivity contribution >= 4 is 11.7 Å². The van der Waals surface area contributed by atoms with Crippen molar-refractivity contribution in [3.8, 4) is 11.5 Å². The van der Waals surface area contributed by atoms with Gasteiger partial charge in [0, 0.05) is 17.8 Å². The molecule has 0 radical (unpaired) electrons. The minimum absolute atomic E-state index is 0.153. The Labute approximate surface area is 125 Å². The molecule has 21 heavy (non-hydrogen) atoms. The Bertz CT molecular complexity index is 532. The molecule has 0 spiro atoms. The van der Waals surface area contributed by atoms with Gasteiger partial charge in [-0.15, -0.1) is 0 Å². The lowest BCUT2D eigenvalue weighted by Crippen LogP contribution is -2.45. The number of urea groups is 1. The molecule has 3 atom stereocenters. The van der Waals surface area contributed by atoms with Crippen LogP contribution in [0.25, 0.3) is 0 Å². The summed E-state index contributed by atoms with van der Waals surface area (Å²) in [5, 5.41) is 5.96. The molecule has 1 aromatic rings. The van der Waals surface area contributed by atoms with E-state index >= 15 is 0 Å². The Morgan fingerprint density at radius 3 is 2.86 bits per heavy atom. The largest absolute Gasteiger partial charge is 0.454 e. The topological polar surface area (TPSA) is 59.6 Å². The molecule has 1 fully saturated rings. The van der Waals surface area contributed by atoms with Gasteiger partial charge in [0.2, 0.25) is 6.79 Å². The van der Waals surface area contributed by atoms with E-state index in [0.717, 1.165) is 12.2 Å². The van der Waals surface area contributed by atoms with Crippen LogP contribution in [0.15, 0.2) is 18.2 Å². The molecule has 1 aromatic carbocycles. The van der Waals surface area contributed by atoms with Crippen LogP contribution in [0.1, 0.15) is 33.1 Å². The van der Waals surface area contributed by atoms with Crippen molar-refractivity contribution in [2.45, 2.75) is 39.2 Å². The van der Waals surface area contributed by atoms with Gasteiger partial charge in [-0.1, -0.05) is 26.7 Å². The van der Waals surface area contributed by atoms with Crippen molar-refractivity contribution in [2.24, 2.45) is 11.8 Å². The summed E-state index contributed by atoms with van der Waals surface area (Å²) in [6.07, 6.45) is 3.49. The van der Waals surface area contributed by atoms with Crippen LogP contribution in [0.2, 0.25) is 0 Å². The summed E-state index contributed by atoms with van der Waals surface area (Å²) in [6, 6.07) is 5.51. The highest BCUT2D eigenvalue weighted by Gasteiger charge is 2.28. The number of rotatable bonds is 2. The summed E-state index contributed by atoms with van der Waals surface area (Å²) in [5.74, 6) is 2.57. The molecule has 5 heteroatoms. The number of amides is 2. The summed E-state index contributed by atoms with van der Waals surface area (Å²) in [5.41, 5.74) is 0.716. The molecule has 3 unspecified atom stereocenters. The second kappa shape index (κ2) is 5.84. The second-order valence-corrected chi connectivity index (χ2v) is 6.04. The van der Waals surface area contributed by atoms with Crippen molar-refractivity contribution < 1.29 is 14.3 Å². The predicted octanol–water partition coefficient (Wildman–Crippen LogP) is 3.36. The standard InChI is InChI=1S/C16H22N2O3/c1-10-4-3-5-13(11(10)2)18-16(19)17-12-6-7-14-15(8-12)21-9-20-14/h6-8,10-11,13H,3-5,9H2,1-2H3,(H2,17,18,19). The van der Waals surface area contributed by atoms with Crippen LogP contribution in [0.5, 0.6) is 11.5 Å². The zero-order chi connectivity index (χ0) is 14.8. The number of hydrogen-bond donors (Lipinski definition) is 2. The number of hydrogen-bond acceptors (Lipinski definition) is 3. The summed E-state index contributed by atoms with van der Waals surface area (Å²) >= 11 is 0. The Morgan fingerprint density at radius 1 is 1.19 bits per heavy atom. The quantitative estimate of drug-likeness (QED) is 0.878. The fourth-order valence-electron chi connectivity index (χ4n) is 3.10. The number of carbonyl (C=O) groups is 1. The van der Waals surface area contributed by atoms with E-state index < -0.39 is 0 Å². The Morgan fingerprint density at radius 2 is 2.00 bits per heavy atom. The van der Waals surface area contributed by atoms with E-state index in [-0.39, 0.29) is 18.9 Å². The van der Waals surface area contributed by atoms with Gasteiger partial charge >= 0.3 is 6.03 Å². The zero-order valence-electron chi connectivity index (χ0n) is 12.5. The molecule has 0 bridgehead atoms. The fourth-order valence-corrected chi connectivity index (χ4v) is 3.10. The molecule has 114 valence electrons. The molecule has 0 aromatic heterocycles. The molecule has 5 nitrogen and oxygen atoms in total. The minimum Gasteiger partial charge on any atom is -0.454 e. The summed E-state index contributed by atoms with van der Waals surface area (Å²) < 4.78 is 10.6. The minimum atomic E-state index is -0.153. The van der Waals surface area contributed by atoms with Crippen LogP contribution in [0.4, 0.5) is 10.5 Å². The average Bonchev–Trinajstić information content (AvgIpc) is 2.91. The molecule has 2 amide bonds. The lowest BCUT2D eigenvalue weighted by atomic mass is 9.78. The van der Waals surface area contributed by atoms with Crippen molar-refractivity contribution in [3.05, 3.63) is 18.2 Å². The maximum atomic E-state index is 12.1. The van der Waals surface area contributed by atoms with E-state index in [9.17, 15) is 4.79 Å². The maximum absolute atomic E-state index is 12.1. The molecule has 2 aliphatic rings. The Kier molecular flexibility index (Phi) is 3.90. The van der Waals surface area contributed by atoms with E-state index in [1.807, 2.05) is 12.1 Å². The molecule has 0 saturated heterocycles. The summed E-state index contributed by atoms with van der Waals surface area (Å²) in [4.78, 5) is 12.1. The van der Waals surface area contributed by atoms with E-state index in [1.54, 1.807) is 6.07 Å². The zero-order valence-corrected chi connectivity index (χ0v) is 12.5. The lowest BCUT2D eigenvalue weighted by molar-refractivity contribution is 0.174. The van der Waals surface area contributed by atoms with Gasteiger partial charge < -0.3 is 20.1 Å². The first kappa shape index (κ1) is 14.0. The number of benzene rings is 1. The number of fused-ring (bicyclic) bond motifs is 1. The van der Waals surface area contributed by atoms with Crippen molar-refractivity contribution in [3.63, 3.8) is 0 Å². The number of carbonyl (C=O) groups excluding carboxylic acids is 1. The number of ether oxygens (including phenoxy) is 2. The van der Waals surface area contributed by atoms with Crippen LogP contribution < -0.4 is 20.1 Å². The molecule has 2 N–H and O–H groups in total. The van der Waals surface area contributed by atoms with Crippen molar-refractivity contribution in [1.82, 2.24) is 5.32 Å². The molecule has 1 aliphatic carbocycles. The number of nitrogens with one attached hydrogen (secondary N) is 2. The van der Waals surface area contributed by atoms with Crippen LogP contribution in [-0.4, -0.2) is 18.9 Å². The molecule has 1 saturated carbocycles. The van der Waals surface area contributed by atoms with Crippen LogP contribution in [-0.2, 0) is 0 Å². The third-order valence-electron chi connectivity index (χ3n) is 4.65. The summed E-state index contributed by atoms with van der Waals surface area (Å²) in [7, 11) is 0. The molecular formula is C16H22N2O3. The van der Waals surface area contributed by atoms with E-state index in [0.29, 0.717) is 23.3 Å². The van der Waals surface area contributed by atoms with Gasteiger partial charge in [0.05, 0.1) is 0 Å². The fraction of sp³-hybridized carbons (Fsp3) is 0.562. The third kappa shape index (κ3) is 3.06. The summed E-state index contributed by atoms with van der Waals surface area (Å²) in [6.45, 7) is 4.71. The van der Waals surface area contributed by atoms with Gasteiger partial charge in [-0.2, -0.15) is 0 Å². The van der Waals surface area contributed by atoms with Crippen molar-refractivity contribution in [2.75, 3.05) is 12.1 Å². The van der Waals surface area contributed by atoms with E-state index in [2.05, 4.69) is 24.5 Å². The monoisotopic (exact) mass is 290 g/mol. The molecular weight excluding hydrogens is 268 g/mol. The first-order chi connectivity index (χ1) is 10.1. The van der Waals surface area contributed by atoms with Crippen LogP contribution in [0.3, 0.4) is 0 Å². The van der Waals surface area contributed by atoms with Gasteiger partial charge in [0.25, 0.3) is 0 Å². The highest BCUT2D eigenvalue weighted by Crippen LogP contribution is 2.34. The second-order valence-electron chi connectivity index (χ2n) is 6.04. The molecule has 1 heterocycles. The maximum Gasteiger partial charge on any atom is 0.319 e. The first-order valence-electron chi connectivity index (χ1n) is 7.60. The lowest BCUT2D eigenvalue weighted by Gasteiger charge is -2.34. The van der Waals surface area contributed by atoms with E-state index in [1.165, 1.54) is 12.8 Å². The van der Waals surface area contributed by atoms with Gasteiger partial charge in [0.1, 0.15) is 0 Å². The smallest absolute Gasteiger partial charge is 0.319 e. The van der Waals surface area contributed by atoms with Crippen LogP contribution >= 0.6 is 0 Å². The average molecular weight is 290 g/mol. The number of anilines is 1. The molecule has 3 rings (SSSR count). The van der Waals surface area contributed by atoms with Crippen molar-refractivity contribution in [1.29, 1.82) is 0 Å². The third-order valence-corrected chi connectivity index (χ3v) is 4.65. The Hall–Kier alpha value is -1.91. The van der Waals surface area contributed by atoms with Gasteiger partial charge in [-0.05, 0) is 30.4 Å². The Balaban J connectivity index is 1.59. The predicted molar refractivity (Wildman–Crippen MR) is 80.7 cm³/mol. The SMILES string of the molecule is CC1CCCC(NC(=O)Nc2ccc3c(c2)OCO3)C1C. The van der Waals surface area contributed by atoms with Gasteiger partial charge in [0.15, 0.2) is 11.5 Å². The highest BCUT2D eigenvalue weighted by atomic mass is 16.7. The normalized spacial score (nSPS) is 27.2. The highest BCUT2D eigenvalue weighted by molar-refractivity contribution is 5.89. The first-order valence-corrected chi connectivity index (χ1v) is 7.60.